The SMILES string of the molecule is Cc1cc(N)nc(CCCN)c1. The Hall–Kier alpha value is -1.09. The Balaban J connectivity index is 2.72. The second-order valence-corrected chi connectivity index (χ2v) is 2.95. The number of nitrogen functional groups attached to an aromatic ring is 1. The Labute approximate surface area is 72.8 Å². The molecule has 0 aliphatic carbocycles. The van der Waals surface area contributed by atoms with E-state index in [4.69, 9.17) is 11.5 Å². The zero-order valence-electron chi connectivity index (χ0n) is 7.38. The maximum absolute atomic E-state index is 5.59. The summed E-state index contributed by atoms with van der Waals surface area (Å²) >= 11 is 0. The largest absolute Gasteiger partial charge is 0.384 e. The predicted octanol–water partition coefficient (Wildman–Crippen LogP) is 0.864. The molecule has 0 unspecified atom stereocenters. The van der Waals surface area contributed by atoms with Crippen molar-refractivity contribution in [2.45, 2.75) is 19.8 Å². The summed E-state index contributed by atoms with van der Waals surface area (Å²) in [7, 11) is 0. The molecule has 3 heteroatoms. The van der Waals surface area contributed by atoms with Gasteiger partial charge >= 0.3 is 0 Å². The maximum Gasteiger partial charge on any atom is 0.123 e. The molecule has 1 rings (SSSR count). The Morgan fingerprint density at radius 2 is 2.17 bits per heavy atom. The summed E-state index contributed by atoms with van der Waals surface area (Å²) in [5, 5.41) is 0. The van der Waals surface area contributed by atoms with Crippen LogP contribution in [0.5, 0.6) is 0 Å². The summed E-state index contributed by atoms with van der Waals surface area (Å²) in [6.45, 7) is 2.72. The first-order chi connectivity index (χ1) is 5.72. The van der Waals surface area contributed by atoms with E-state index < -0.39 is 0 Å². The van der Waals surface area contributed by atoms with Crippen LogP contribution < -0.4 is 11.5 Å². The summed E-state index contributed by atoms with van der Waals surface area (Å²) < 4.78 is 0. The fourth-order valence-corrected chi connectivity index (χ4v) is 1.18. The van der Waals surface area contributed by atoms with Gasteiger partial charge in [-0.1, -0.05) is 0 Å². The molecule has 0 saturated heterocycles. The topological polar surface area (TPSA) is 64.9 Å². The highest BCUT2D eigenvalue weighted by atomic mass is 14.8. The lowest BCUT2D eigenvalue weighted by Gasteiger charge is -2.02. The molecule has 0 aliphatic heterocycles. The molecule has 0 aromatic carbocycles. The van der Waals surface area contributed by atoms with Crippen molar-refractivity contribution in [2.24, 2.45) is 5.73 Å². The molecule has 3 nitrogen and oxygen atoms in total. The summed E-state index contributed by atoms with van der Waals surface area (Å²) in [5.41, 5.74) is 13.2. The van der Waals surface area contributed by atoms with Crippen molar-refractivity contribution in [1.82, 2.24) is 4.98 Å². The summed E-state index contributed by atoms with van der Waals surface area (Å²) in [5.74, 6) is 0.599. The van der Waals surface area contributed by atoms with E-state index in [-0.39, 0.29) is 0 Å². The second-order valence-electron chi connectivity index (χ2n) is 2.95. The molecule has 1 heterocycles. The van der Waals surface area contributed by atoms with Crippen LogP contribution in [0.3, 0.4) is 0 Å². The van der Waals surface area contributed by atoms with Gasteiger partial charge in [-0.25, -0.2) is 4.98 Å². The molecule has 0 bridgehead atoms. The van der Waals surface area contributed by atoms with Gasteiger partial charge < -0.3 is 11.5 Å². The number of pyridine rings is 1. The second kappa shape index (κ2) is 4.07. The van der Waals surface area contributed by atoms with Crippen molar-refractivity contribution >= 4 is 5.82 Å². The monoisotopic (exact) mass is 165 g/mol. The van der Waals surface area contributed by atoms with E-state index in [0.29, 0.717) is 12.4 Å². The van der Waals surface area contributed by atoms with Gasteiger partial charge in [0, 0.05) is 5.69 Å². The minimum Gasteiger partial charge on any atom is -0.384 e. The fraction of sp³-hybridized carbons (Fsp3) is 0.444. The van der Waals surface area contributed by atoms with E-state index >= 15 is 0 Å². The van der Waals surface area contributed by atoms with Crippen LogP contribution in [0.4, 0.5) is 5.82 Å². The van der Waals surface area contributed by atoms with Crippen LogP contribution in [0, 0.1) is 6.92 Å². The number of anilines is 1. The van der Waals surface area contributed by atoms with E-state index in [9.17, 15) is 0 Å². The van der Waals surface area contributed by atoms with Gasteiger partial charge in [0.25, 0.3) is 0 Å². The molecule has 0 radical (unpaired) electrons. The van der Waals surface area contributed by atoms with Crippen LogP contribution in [0.25, 0.3) is 0 Å². The molecule has 1 aromatic heterocycles. The minimum atomic E-state index is 0.599. The lowest BCUT2D eigenvalue weighted by Crippen LogP contribution is -2.03. The Bertz CT molecular complexity index is 238. The molecule has 66 valence electrons. The molecule has 0 saturated carbocycles. The lowest BCUT2D eigenvalue weighted by molar-refractivity contribution is 0.810. The normalized spacial score (nSPS) is 10.2. The molecular weight excluding hydrogens is 150 g/mol. The number of nitrogens with zero attached hydrogens (tertiary/aromatic N) is 1. The van der Waals surface area contributed by atoms with Crippen molar-refractivity contribution in [3.63, 3.8) is 0 Å². The smallest absolute Gasteiger partial charge is 0.123 e. The highest BCUT2D eigenvalue weighted by Gasteiger charge is 1.96. The third kappa shape index (κ3) is 2.51. The lowest BCUT2D eigenvalue weighted by atomic mass is 10.2. The fourth-order valence-electron chi connectivity index (χ4n) is 1.18. The molecule has 1 aromatic rings. The third-order valence-electron chi connectivity index (χ3n) is 1.68. The van der Waals surface area contributed by atoms with Crippen molar-refractivity contribution < 1.29 is 0 Å². The van der Waals surface area contributed by atoms with Crippen molar-refractivity contribution in [2.75, 3.05) is 12.3 Å². The quantitative estimate of drug-likeness (QED) is 0.698. The summed E-state index contributed by atoms with van der Waals surface area (Å²) in [6, 6.07) is 3.91. The Morgan fingerprint density at radius 3 is 2.75 bits per heavy atom. The number of hydrogen-bond donors (Lipinski definition) is 2. The summed E-state index contributed by atoms with van der Waals surface area (Å²) in [4.78, 5) is 4.19. The first kappa shape index (κ1) is 9.00. The standard InChI is InChI=1S/C9H15N3/c1-7-5-8(3-2-4-10)12-9(11)6-7/h5-6H,2-4,10H2,1H3,(H2,11,12). The zero-order chi connectivity index (χ0) is 8.97. The van der Waals surface area contributed by atoms with Crippen LogP contribution in [-0.4, -0.2) is 11.5 Å². The highest BCUT2D eigenvalue weighted by Crippen LogP contribution is 2.07. The van der Waals surface area contributed by atoms with Crippen molar-refractivity contribution in [1.29, 1.82) is 0 Å². The molecule has 0 spiro atoms. The van der Waals surface area contributed by atoms with Crippen LogP contribution in [0.1, 0.15) is 17.7 Å². The molecule has 0 aliphatic rings. The van der Waals surface area contributed by atoms with Gasteiger partial charge in [0.05, 0.1) is 0 Å². The van der Waals surface area contributed by atoms with Crippen molar-refractivity contribution in [3.8, 4) is 0 Å². The van der Waals surface area contributed by atoms with Crippen LogP contribution >= 0.6 is 0 Å². The number of aromatic nitrogens is 1. The van der Waals surface area contributed by atoms with Crippen molar-refractivity contribution in [3.05, 3.63) is 23.4 Å². The predicted molar refractivity (Wildman–Crippen MR) is 50.8 cm³/mol. The Kier molecular flexibility index (Phi) is 3.05. The van der Waals surface area contributed by atoms with Gasteiger partial charge in [-0.3, -0.25) is 0 Å². The van der Waals surface area contributed by atoms with Crippen LogP contribution in [0.15, 0.2) is 12.1 Å². The number of nitrogens with two attached hydrogens (primary N) is 2. The van der Waals surface area contributed by atoms with E-state index in [1.807, 2.05) is 19.1 Å². The van der Waals surface area contributed by atoms with Gasteiger partial charge in [0.15, 0.2) is 0 Å². The van der Waals surface area contributed by atoms with Gasteiger partial charge in [0.2, 0.25) is 0 Å². The van der Waals surface area contributed by atoms with Crippen LogP contribution in [0.2, 0.25) is 0 Å². The van der Waals surface area contributed by atoms with Gasteiger partial charge in [-0.15, -0.1) is 0 Å². The molecule has 0 atom stereocenters. The molecule has 4 N–H and O–H groups in total. The van der Waals surface area contributed by atoms with Gasteiger partial charge in [-0.2, -0.15) is 0 Å². The van der Waals surface area contributed by atoms with E-state index in [1.165, 1.54) is 0 Å². The average molecular weight is 165 g/mol. The van der Waals surface area contributed by atoms with Gasteiger partial charge in [0.1, 0.15) is 5.82 Å². The van der Waals surface area contributed by atoms with Crippen LogP contribution in [-0.2, 0) is 6.42 Å². The average Bonchev–Trinajstić information content (AvgIpc) is 1.99. The number of rotatable bonds is 3. The molecule has 12 heavy (non-hydrogen) atoms. The Morgan fingerprint density at radius 1 is 1.42 bits per heavy atom. The van der Waals surface area contributed by atoms with E-state index in [0.717, 1.165) is 24.1 Å². The molecule has 0 fully saturated rings. The highest BCUT2D eigenvalue weighted by molar-refractivity contribution is 5.34. The summed E-state index contributed by atoms with van der Waals surface area (Å²) in [6.07, 6.45) is 1.89. The molecule has 0 amide bonds. The molecular formula is C9H15N3. The van der Waals surface area contributed by atoms with E-state index in [2.05, 4.69) is 4.98 Å². The van der Waals surface area contributed by atoms with Gasteiger partial charge in [-0.05, 0) is 44.0 Å². The zero-order valence-corrected chi connectivity index (χ0v) is 7.38. The number of aryl methyl sites for hydroxylation is 2. The first-order valence-corrected chi connectivity index (χ1v) is 4.15. The van der Waals surface area contributed by atoms with E-state index in [1.54, 1.807) is 0 Å². The maximum atomic E-state index is 5.59. The first-order valence-electron chi connectivity index (χ1n) is 4.15. The third-order valence-corrected chi connectivity index (χ3v) is 1.68. The number of hydrogen-bond acceptors (Lipinski definition) is 3. The minimum absolute atomic E-state index is 0.599.